The minimum Gasteiger partial charge on any atom is -0.489 e. The third-order valence-electron chi connectivity index (χ3n) is 3.46. The summed E-state index contributed by atoms with van der Waals surface area (Å²) < 4.78 is 37.3. The smallest absolute Gasteiger partial charge is 0.306 e. The molecule has 0 radical (unpaired) electrons. The zero-order chi connectivity index (χ0) is 18.2. The summed E-state index contributed by atoms with van der Waals surface area (Å²) in [5, 5.41) is 0. The summed E-state index contributed by atoms with van der Waals surface area (Å²) in [4.78, 5) is 23.4. The molecule has 0 aliphatic rings. The van der Waals surface area contributed by atoms with E-state index in [0.717, 1.165) is 12.1 Å². The van der Waals surface area contributed by atoms with E-state index in [-0.39, 0.29) is 37.4 Å². The molecule has 0 atom stereocenters. The van der Waals surface area contributed by atoms with Crippen LogP contribution in [0.4, 0.5) is 8.78 Å². The highest BCUT2D eigenvalue weighted by Gasteiger charge is 2.12. The fraction of sp³-hybridized carbons (Fsp3) is 0.263. The van der Waals surface area contributed by atoms with Crippen molar-refractivity contribution in [1.82, 2.24) is 0 Å². The third kappa shape index (κ3) is 5.38. The largest absolute Gasteiger partial charge is 0.489 e. The zero-order valence-corrected chi connectivity index (χ0v) is 13.8. The van der Waals surface area contributed by atoms with Gasteiger partial charge in [-0.25, -0.2) is 8.78 Å². The Hall–Kier alpha value is -2.76. The van der Waals surface area contributed by atoms with Crippen LogP contribution in [-0.2, 0) is 16.1 Å². The number of rotatable bonds is 8. The van der Waals surface area contributed by atoms with Crippen molar-refractivity contribution in [2.45, 2.75) is 26.4 Å². The van der Waals surface area contributed by atoms with Gasteiger partial charge in [0.1, 0.15) is 24.0 Å². The number of hydrogen-bond acceptors (Lipinski definition) is 4. The fourth-order valence-corrected chi connectivity index (χ4v) is 2.18. The molecule has 2 rings (SSSR count). The minimum absolute atomic E-state index is 0.00179. The lowest BCUT2D eigenvalue weighted by molar-refractivity contribution is -0.143. The average molecular weight is 348 g/mol. The molecule has 2 aromatic rings. The van der Waals surface area contributed by atoms with Gasteiger partial charge in [0.25, 0.3) is 0 Å². The van der Waals surface area contributed by atoms with Gasteiger partial charge in [0.15, 0.2) is 5.78 Å². The van der Waals surface area contributed by atoms with Gasteiger partial charge in [0.05, 0.1) is 18.6 Å². The van der Waals surface area contributed by atoms with Crippen molar-refractivity contribution in [3.63, 3.8) is 0 Å². The van der Waals surface area contributed by atoms with Crippen molar-refractivity contribution in [1.29, 1.82) is 0 Å². The number of benzene rings is 2. The Morgan fingerprint density at radius 2 is 1.68 bits per heavy atom. The first-order valence-corrected chi connectivity index (χ1v) is 7.85. The quantitative estimate of drug-likeness (QED) is 0.533. The van der Waals surface area contributed by atoms with Gasteiger partial charge >= 0.3 is 5.97 Å². The second-order valence-electron chi connectivity index (χ2n) is 5.24. The predicted molar refractivity (Wildman–Crippen MR) is 87.3 cm³/mol. The molecule has 0 bridgehead atoms. The Morgan fingerprint density at radius 1 is 1.00 bits per heavy atom. The predicted octanol–water partition coefficient (Wildman–Crippen LogP) is 4.07. The van der Waals surface area contributed by atoms with Crippen molar-refractivity contribution in [3.8, 4) is 5.75 Å². The number of hydrogen-bond donors (Lipinski definition) is 0. The lowest BCUT2D eigenvalue weighted by atomic mass is 10.1. The molecule has 0 saturated carbocycles. The average Bonchev–Trinajstić information content (AvgIpc) is 2.60. The molecule has 132 valence electrons. The van der Waals surface area contributed by atoms with E-state index in [0.29, 0.717) is 11.3 Å². The van der Waals surface area contributed by atoms with Crippen LogP contribution in [0.25, 0.3) is 0 Å². The molecule has 0 spiro atoms. The van der Waals surface area contributed by atoms with Crippen molar-refractivity contribution >= 4 is 11.8 Å². The highest BCUT2D eigenvalue weighted by molar-refractivity contribution is 5.97. The van der Waals surface area contributed by atoms with E-state index in [1.165, 1.54) is 12.1 Å². The highest BCUT2D eigenvalue weighted by Crippen LogP contribution is 2.19. The summed E-state index contributed by atoms with van der Waals surface area (Å²) in [5.41, 5.74) is 0.178. The van der Waals surface area contributed by atoms with Gasteiger partial charge in [-0.05, 0) is 31.2 Å². The number of carbonyl (C=O) groups is 2. The Morgan fingerprint density at radius 3 is 2.36 bits per heavy atom. The SMILES string of the molecule is CCOC(=O)CCC(=O)c1cccc(OCc2c(F)cccc2F)c1. The van der Waals surface area contributed by atoms with Crippen LogP contribution in [0.1, 0.15) is 35.7 Å². The molecule has 25 heavy (non-hydrogen) atoms. The van der Waals surface area contributed by atoms with Crippen LogP contribution in [0.2, 0.25) is 0 Å². The van der Waals surface area contributed by atoms with Crippen LogP contribution < -0.4 is 4.74 Å². The lowest BCUT2D eigenvalue weighted by Crippen LogP contribution is -2.08. The summed E-state index contributed by atoms with van der Waals surface area (Å²) in [6.07, 6.45) is 0.0163. The van der Waals surface area contributed by atoms with Crippen molar-refractivity contribution < 1.29 is 27.8 Å². The number of carbonyl (C=O) groups excluding carboxylic acids is 2. The van der Waals surface area contributed by atoms with E-state index in [1.54, 1.807) is 25.1 Å². The van der Waals surface area contributed by atoms with E-state index in [4.69, 9.17) is 9.47 Å². The maximum atomic E-state index is 13.6. The van der Waals surface area contributed by atoms with Crippen LogP contribution in [-0.4, -0.2) is 18.4 Å². The lowest BCUT2D eigenvalue weighted by Gasteiger charge is -2.09. The third-order valence-corrected chi connectivity index (χ3v) is 3.46. The maximum absolute atomic E-state index is 13.6. The molecule has 2 aromatic carbocycles. The van der Waals surface area contributed by atoms with Crippen molar-refractivity contribution in [3.05, 3.63) is 65.2 Å². The Kier molecular flexibility index (Phi) is 6.62. The maximum Gasteiger partial charge on any atom is 0.306 e. The Labute approximate surface area is 144 Å². The highest BCUT2D eigenvalue weighted by atomic mass is 19.1. The second-order valence-corrected chi connectivity index (χ2v) is 5.24. The number of esters is 1. The van der Waals surface area contributed by atoms with E-state index >= 15 is 0 Å². The number of ether oxygens (including phenoxy) is 2. The van der Waals surface area contributed by atoms with E-state index < -0.39 is 17.6 Å². The molecule has 0 aliphatic heterocycles. The fourth-order valence-electron chi connectivity index (χ4n) is 2.18. The number of Topliss-reactive ketones (excluding diaryl/α,β-unsaturated/α-hetero) is 1. The molecule has 0 unspecified atom stereocenters. The van der Waals surface area contributed by atoms with Crippen LogP contribution >= 0.6 is 0 Å². The monoisotopic (exact) mass is 348 g/mol. The molecule has 0 amide bonds. The van der Waals surface area contributed by atoms with E-state index in [1.807, 2.05) is 0 Å². The molecular weight excluding hydrogens is 330 g/mol. The molecule has 4 nitrogen and oxygen atoms in total. The summed E-state index contributed by atoms with van der Waals surface area (Å²) >= 11 is 0. The van der Waals surface area contributed by atoms with Gasteiger partial charge in [-0.2, -0.15) is 0 Å². The molecular formula is C19H18F2O4. The van der Waals surface area contributed by atoms with Gasteiger partial charge < -0.3 is 9.47 Å². The number of halogens is 2. The van der Waals surface area contributed by atoms with Crippen LogP contribution in [0.3, 0.4) is 0 Å². The van der Waals surface area contributed by atoms with Crippen LogP contribution in [0.5, 0.6) is 5.75 Å². The Bertz CT molecular complexity index is 739. The van der Waals surface area contributed by atoms with Crippen molar-refractivity contribution in [2.24, 2.45) is 0 Å². The normalized spacial score (nSPS) is 10.4. The molecule has 0 aromatic heterocycles. The van der Waals surface area contributed by atoms with Crippen molar-refractivity contribution in [2.75, 3.05) is 6.61 Å². The van der Waals surface area contributed by atoms with Gasteiger partial charge in [-0.3, -0.25) is 9.59 Å². The molecule has 0 N–H and O–H groups in total. The van der Waals surface area contributed by atoms with Gasteiger partial charge in [-0.15, -0.1) is 0 Å². The molecule has 0 aliphatic carbocycles. The molecule has 0 fully saturated rings. The number of ketones is 1. The first-order valence-electron chi connectivity index (χ1n) is 7.85. The Balaban J connectivity index is 1.99. The van der Waals surface area contributed by atoms with Crippen LogP contribution in [0, 0.1) is 11.6 Å². The molecule has 0 heterocycles. The standard InChI is InChI=1S/C19H18F2O4/c1-2-24-19(23)10-9-18(22)13-5-3-6-14(11-13)25-12-15-16(20)7-4-8-17(15)21/h3-8,11H,2,9-10,12H2,1H3. The van der Waals surface area contributed by atoms with E-state index in [9.17, 15) is 18.4 Å². The summed E-state index contributed by atoms with van der Waals surface area (Å²) in [7, 11) is 0. The van der Waals surface area contributed by atoms with Gasteiger partial charge in [0.2, 0.25) is 0 Å². The summed E-state index contributed by atoms with van der Waals surface area (Å²) in [5.74, 6) is -1.75. The first-order chi connectivity index (χ1) is 12.0. The second kappa shape index (κ2) is 8.92. The van der Waals surface area contributed by atoms with Gasteiger partial charge in [-0.1, -0.05) is 18.2 Å². The summed E-state index contributed by atoms with van der Waals surface area (Å²) in [6, 6.07) is 9.83. The summed E-state index contributed by atoms with van der Waals surface area (Å²) in [6.45, 7) is 1.67. The first kappa shape index (κ1) is 18.6. The van der Waals surface area contributed by atoms with Gasteiger partial charge in [0, 0.05) is 12.0 Å². The topological polar surface area (TPSA) is 52.6 Å². The van der Waals surface area contributed by atoms with E-state index in [2.05, 4.69) is 0 Å². The minimum atomic E-state index is -0.693. The molecule has 0 saturated heterocycles. The zero-order valence-electron chi connectivity index (χ0n) is 13.8. The molecule has 6 heteroatoms. The van der Waals surface area contributed by atoms with Crippen LogP contribution in [0.15, 0.2) is 42.5 Å².